The number of hydrogen-bond acceptors (Lipinski definition) is 3. The molecule has 1 aromatic carbocycles. The van der Waals surface area contributed by atoms with Gasteiger partial charge < -0.3 is 10.5 Å². The van der Waals surface area contributed by atoms with E-state index < -0.39 is 0 Å². The van der Waals surface area contributed by atoms with Gasteiger partial charge in [0.1, 0.15) is 5.82 Å². The molecule has 2 N–H and O–H groups in total. The zero-order valence-electron chi connectivity index (χ0n) is 9.33. The maximum Gasteiger partial charge on any atom is 0.305 e. The molecule has 0 radical (unpaired) electrons. The van der Waals surface area contributed by atoms with Gasteiger partial charge in [-0.1, -0.05) is 0 Å². The van der Waals surface area contributed by atoms with Crippen molar-refractivity contribution in [2.75, 3.05) is 12.8 Å². The predicted molar refractivity (Wildman–Crippen MR) is 60.4 cm³/mol. The number of hydrogen-bond donors (Lipinski definition) is 1. The molecular formula is C12H16FNO2. The summed E-state index contributed by atoms with van der Waals surface area (Å²) < 4.78 is 17.5. The zero-order valence-corrected chi connectivity index (χ0v) is 9.33. The Balaban J connectivity index is 2.34. The van der Waals surface area contributed by atoms with E-state index >= 15 is 0 Å². The smallest absolute Gasteiger partial charge is 0.305 e. The fraction of sp³-hybridized carbons (Fsp3) is 0.417. The Morgan fingerprint density at radius 1 is 1.38 bits per heavy atom. The number of carbonyl (C=O) groups is 1. The van der Waals surface area contributed by atoms with Gasteiger partial charge in [0.25, 0.3) is 0 Å². The second-order valence-electron chi connectivity index (χ2n) is 3.68. The van der Waals surface area contributed by atoms with Crippen LogP contribution < -0.4 is 5.73 Å². The summed E-state index contributed by atoms with van der Waals surface area (Å²) in [5.41, 5.74) is 6.82. The first-order valence-corrected chi connectivity index (χ1v) is 5.23. The van der Waals surface area contributed by atoms with Crippen molar-refractivity contribution in [1.82, 2.24) is 0 Å². The van der Waals surface area contributed by atoms with Gasteiger partial charge in [0.15, 0.2) is 0 Å². The molecule has 16 heavy (non-hydrogen) atoms. The summed E-state index contributed by atoms with van der Waals surface area (Å²) in [7, 11) is 1.37. The molecule has 0 aliphatic rings. The van der Waals surface area contributed by atoms with Crippen LogP contribution in [0.5, 0.6) is 0 Å². The molecule has 0 spiro atoms. The van der Waals surface area contributed by atoms with Crippen LogP contribution >= 0.6 is 0 Å². The predicted octanol–water partition coefficient (Wildman–Crippen LogP) is 2.29. The Hall–Kier alpha value is -1.58. The number of rotatable bonds is 5. The van der Waals surface area contributed by atoms with E-state index in [4.69, 9.17) is 5.73 Å². The number of aryl methyl sites for hydroxylation is 1. The highest BCUT2D eigenvalue weighted by Crippen LogP contribution is 2.13. The number of carbonyl (C=O) groups excluding carboxylic acids is 1. The van der Waals surface area contributed by atoms with Crippen LogP contribution in [-0.2, 0) is 16.0 Å². The van der Waals surface area contributed by atoms with E-state index in [1.54, 1.807) is 6.07 Å². The molecule has 0 saturated carbocycles. The van der Waals surface area contributed by atoms with Crippen molar-refractivity contribution in [2.45, 2.75) is 25.7 Å². The van der Waals surface area contributed by atoms with Gasteiger partial charge in [-0.05, 0) is 43.0 Å². The molecule has 88 valence electrons. The van der Waals surface area contributed by atoms with Crippen LogP contribution in [0.2, 0.25) is 0 Å². The first kappa shape index (κ1) is 12.5. The van der Waals surface area contributed by atoms with Crippen LogP contribution in [0.1, 0.15) is 24.8 Å². The van der Waals surface area contributed by atoms with E-state index in [0.717, 1.165) is 24.8 Å². The molecule has 0 amide bonds. The highest BCUT2D eigenvalue weighted by molar-refractivity contribution is 5.68. The van der Waals surface area contributed by atoms with Crippen LogP contribution in [0.4, 0.5) is 10.1 Å². The largest absolute Gasteiger partial charge is 0.469 e. The highest BCUT2D eigenvalue weighted by Gasteiger charge is 2.01. The maximum atomic E-state index is 13.0. The number of halogens is 1. The third kappa shape index (κ3) is 4.29. The molecule has 0 heterocycles. The Morgan fingerprint density at radius 2 is 2.12 bits per heavy atom. The lowest BCUT2D eigenvalue weighted by molar-refractivity contribution is -0.140. The summed E-state index contributed by atoms with van der Waals surface area (Å²) in [4.78, 5) is 10.8. The first-order chi connectivity index (χ1) is 7.61. The van der Waals surface area contributed by atoms with E-state index in [9.17, 15) is 9.18 Å². The second-order valence-corrected chi connectivity index (χ2v) is 3.68. The van der Waals surface area contributed by atoms with Crippen molar-refractivity contribution >= 4 is 11.7 Å². The SMILES string of the molecule is COC(=O)CCCCc1cc(N)cc(F)c1. The van der Waals surface area contributed by atoms with E-state index in [1.165, 1.54) is 19.2 Å². The Labute approximate surface area is 94.4 Å². The van der Waals surface area contributed by atoms with Gasteiger partial charge >= 0.3 is 5.97 Å². The van der Waals surface area contributed by atoms with Crippen LogP contribution in [0.25, 0.3) is 0 Å². The highest BCUT2D eigenvalue weighted by atomic mass is 19.1. The number of methoxy groups -OCH3 is 1. The Morgan fingerprint density at radius 3 is 2.75 bits per heavy atom. The number of ether oxygens (including phenoxy) is 1. The summed E-state index contributed by atoms with van der Waals surface area (Å²) in [6, 6.07) is 4.51. The molecule has 3 nitrogen and oxygen atoms in total. The molecule has 0 atom stereocenters. The van der Waals surface area contributed by atoms with Crippen LogP contribution in [-0.4, -0.2) is 13.1 Å². The number of esters is 1. The fourth-order valence-corrected chi connectivity index (χ4v) is 1.52. The third-order valence-corrected chi connectivity index (χ3v) is 2.30. The standard InChI is InChI=1S/C12H16FNO2/c1-16-12(15)5-3-2-4-9-6-10(13)8-11(14)7-9/h6-8H,2-5,14H2,1H3. The van der Waals surface area contributed by atoms with Gasteiger partial charge in [0.2, 0.25) is 0 Å². The molecule has 0 aliphatic carbocycles. The van der Waals surface area contributed by atoms with Gasteiger partial charge in [-0.25, -0.2) is 4.39 Å². The van der Waals surface area contributed by atoms with Crippen molar-refractivity contribution in [1.29, 1.82) is 0 Å². The van der Waals surface area contributed by atoms with Crippen LogP contribution in [0.15, 0.2) is 18.2 Å². The lowest BCUT2D eigenvalue weighted by Gasteiger charge is -2.03. The number of nitrogens with two attached hydrogens (primary N) is 1. The third-order valence-electron chi connectivity index (χ3n) is 2.30. The van der Waals surface area contributed by atoms with Crippen LogP contribution in [0, 0.1) is 5.82 Å². The summed E-state index contributed by atoms with van der Waals surface area (Å²) in [5, 5.41) is 0. The molecule has 0 bridgehead atoms. The van der Waals surface area contributed by atoms with E-state index in [0.29, 0.717) is 12.1 Å². The Bertz CT molecular complexity index is 346. The van der Waals surface area contributed by atoms with Crippen molar-refractivity contribution < 1.29 is 13.9 Å². The minimum absolute atomic E-state index is 0.209. The molecule has 0 saturated heterocycles. The van der Waals surface area contributed by atoms with Gasteiger partial charge in [0.05, 0.1) is 7.11 Å². The molecular weight excluding hydrogens is 209 g/mol. The normalized spacial score (nSPS) is 10.1. The van der Waals surface area contributed by atoms with Gasteiger partial charge in [-0.3, -0.25) is 4.79 Å². The molecule has 0 fully saturated rings. The second kappa shape index (κ2) is 6.10. The Kier molecular flexibility index (Phi) is 4.76. The quantitative estimate of drug-likeness (QED) is 0.475. The van der Waals surface area contributed by atoms with E-state index in [-0.39, 0.29) is 11.8 Å². The average molecular weight is 225 g/mol. The van der Waals surface area contributed by atoms with E-state index in [2.05, 4.69) is 4.74 Å². The summed E-state index contributed by atoms with van der Waals surface area (Å²) in [6.07, 6.45) is 2.68. The van der Waals surface area contributed by atoms with Crippen molar-refractivity contribution in [2.24, 2.45) is 0 Å². The van der Waals surface area contributed by atoms with Crippen molar-refractivity contribution in [3.63, 3.8) is 0 Å². The van der Waals surface area contributed by atoms with Crippen LogP contribution in [0.3, 0.4) is 0 Å². The van der Waals surface area contributed by atoms with Crippen molar-refractivity contribution in [3.8, 4) is 0 Å². The molecule has 0 aliphatic heterocycles. The van der Waals surface area contributed by atoms with Gasteiger partial charge in [-0.2, -0.15) is 0 Å². The molecule has 1 aromatic rings. The molecule has 0 aromatic heterocycles. The number of unbranched alkanes of at least 4 members (excludes halogenated alkanes) is 1. The number of anilines is 1. The minimum atomic E-state index is -0.317. The lowest BCUT2D eigenvalue weighted by atomic mass is 10.1. The number of benzene rings is 1. The summed E-state index contributed by atoms with van der Waals surface area (Å²) >= 11 is 0. The maximum absolute atomic E-state index is 13.0. The monoisotopic (exact) mass is 225 g/mol. The van der Waals surface area contributed by atoms with Gasteiger partial charge in [-0.15, -0.1) is 0 Å². The molecule has 0 unspecified atom stereocenters. The van der Waals surface area contributed by atoms with Gasteiger partial charge in [0, 0.05) is 12.1 Å². The van der Waals surface area contributed by atoms with E-state index in [1.807, 2.05) is 0 Å². The van der Waals surface area contributed by atoms with Crippen molar-refractivity contribution in [3.05, 3.63) is 29.6 Å². The lowest BCUT2D eigenvalue weighted by Crippen LogP contribution is -2.00. The fourth-order valence-electron chi connectivity index (χ4n) is 1.52. The number of nitrogen functional groups attached to an aromatic ring is 1. The minimum Gasteiger partial charge on any atom is -0.469 e. The zero-order chi connectivity index (χ0) is 12.0. The summed E-state index contributed by atoms with van der Waals surface area (Å²) in [5.74, 6) is -0.526. The molecule has 1 rings (SSSR count). The first-order valence-electron chi connectivity index (χ1n) is 5.23. The molecule has 4 heteroatoms. The summed E-state index contributed by atoms with van der Waals surface area (Å²) in [6.45, 7) is 0. The topological polar surface area (TPSA) is 52.3 Å². The average Bonchev–Trinajstić information content (AvgIpc) is 2.22.